The van der Waals surface area contributed by atoms with Gasteiger partial charge in [0.15, 0.2) is 5.96 Å². The van der Waals surface area contributed by atoms with E-state index in [9.17, 15) is 8.42 Å². The Morgan fingerprint density at radius 2 is 1.77 bits per heavy atom. The molecule has 0 aromatic carbocycles. The SMILES string of the molecule is CCN(CCCNC(=NC)NCCCOC1CCCCC1)S(C)(=O)=O.I. The summed E-state index contributed by atoms with van der Waals surface area (Å²) in [6.07, 6.45) is 9.77. The van der Waals surface area contributed by atoms with Gasteiger partial charge in [-0.3, -0.25) is 4.99 Å². The quantitative estimate of drug-likeness (QED) is 0.195. The van der Waals surface area contributed by atoms with Crippen molar-refractivity contribution < 1.29 is 13.2 Å². The molecule has 1 aliphatic carbocycles. The molecule has 0 radical (unpaired) electrons. The molecule has 0 saturated heterocycles. The molecule has 0 aromatic rings. The number of sulfonamides is 1. The highest BCUT2D eigenvalue weighted by Gasteiger charge is 2.14. The number of nitrogens with zero attached hydrogens (tertiary/aromatic N) is 2. The summed E-state index contributed by atoms with van der Waals surface area (Å²) in [7, 11) is -1.37. The summed E-state index contributed by atoms with van der Waals surface area (Å²) in [5, 5.41) is 6.48. The standard InChI is InChI=1S/C17H36N4O3S.HI/c1-4-21(25(3,22)23)14-8-12-19-17(18-2)20-13-9-15-24-16-10-6-5-7-11-16;/h16H,4-15H2,1-3H3,(H2,18,19,20);1H. The van der Waals surface area contributed by atoms with Gasteiger partial charge in [-0.25, -0.2) is 12.7 Å². The van der Waals surface area contributed by atoms with Gasteiger partial charge in [0.2, 0.25) is 10.0 Å². The fourth-order valence-corrected chi connectivity index (χ4v) is 3.93. The first-order chi connectivity index (χ1) is 12.0. The fraction of sp³-hybridized carbons (Fsp3) is 0.941. The van der Waals surface area contributed by atoms with Crippen LogP contribution in [0, 0.1) is 0 Å². The van der Waals surface area contributed by atoms with Crippen LogP contribution in [0.1, 0.15) is 51.9 Å². The summed E-state index contributed by atoms with van der Waals surface area (Å²) in [5.41, 5.74) is 0. The van der Waals surface area contributed by atoms with Gasteiger partial charge in [-0.15, -0.1) is 24.0 Å². The van der Waals surface area contributed by atoms with Crippen LogP contribution in [0.15, 0.2) is 4.99 Å². The van der Waals surface area contributed by atoms with E-state index in [4.69, 9.17) is 4.74 Å². The lowest BCUT2D eigenvalue weighted by Crippen LogP contribution is -2.40. The van der Waals surface area contributed by atoms with E-state index in [1.807, 2.05) is 6.92 Å². The molecule has 9 heteroatoms. The van der Waals surface area contributed by atoms with Gasteiger partial charge in [0.05, 0.1) is 12.4 Å². The van der Waals surface area contributed by atoms with E-state index in [0.29, 0.717) is 25.7 Å². The van der Waals surface area contributed by atoms with Crippen LogP contribution in [0.5, 0.6) is 0 Å². The highest BCUT2D eigenvalue weighted by atomic mass is 127. The summed E-state index contributed by atoms with van der Waals surface area (Å²) in [5.74, 6) is 0.750. The third-order valence-electron chi connectivity index (χ3n) is 4.44. The molecule has 7 nitrogen and oxygen atoms in total. The Morgan fingerprint density at radius 1 is 1.15 bits per heavy atom. The molecule has 1 saturated carbocycles. The third-order valence-corrected chi connectivity index (χ3v) is 5.82. The molecule has 0 spiro atoms. The molecule has 1 aliphatic rings. The maximum absolute atomic E-state index is 11.5. The molecular weight excluding hydrogens is 467 g/mol. The molecule has 0 aliphatic heterocycles. The molecule has 2 N–H and O–H groups in total. The van der Waals surface area contributed by atoms with Crippen molar-refractivity contribution in [1.82, 2.24) is 14.9 Å². The van der Waals surface area contributed by atoms with Crippen LogP contribution in [0.4, 0.5) is 0 Å². The number of nitrogens with one attached hydrogen (secondary N) is 2. The minimum atomic E-state index is -3.11. The van der Waals surface area contributed by atoms with Crippen molar-refractivity contribution in [3.63, 3.8) is 0 Å². The van der Waals surface area contributed by atoms with Crippen LogP contribution in [-0.2, 0) is 14.8 Å². The first-order valence-corrected chi connectivity index (χ1v) is 11.3. The van der Waals surface area contributed by atoms with E-state index >= 15 is 0 Å². The van der Waals surface area contributed by atoms with E-state index in [1.165, 1.54) is 42.7 Å². The lowest BCUT2D eigenvalue weighted by atomic mass is 9.98. The Bertz CT molecular complexity index is 482. The van der Waals surface area contributed by atoms with Gasteiger partial charge in [-0.05, 0) is 25.7 Å². The van der Waals surface area contributed by atoms with Crippen molar-refractivity contribution in [3.05, 3.63) is 0 Å². The Hall–Kier alpha value is -0.130. The largest absolute Gasteiger partial charge is 0.378 e. The van der Waals surface area contributed by atoms with Gasteiger partial charge in [-0.2, -0.15) is 0 Å². The van der Waals surface area contributed by atoms with E-state index in [2.05, 4.69) is 15.6 Å². The zero-order chi connectivity index (χ0) is 18.5. The van der Waals surface area contributed by atoms with Crippen molar-refractivity contribution in [1.29, 1.82) is 0 Å². The molecule has 1 fully saturated rings. The molecule has 26 heavy (non-hydrogen) atoms. The monoisotopic (exact) mass is 504 g/mol. The van der Waals surface area contributed by atoms with Crippen LogP contribution >= 0.6 is 24.0 Å². The molecule has 0 unspecified atom stereocenters. The van der Waals surface area contributed by atoms with E-state index in [-0.39, 0.29) is 24.0 Å². The van der Waals surface area contributed by atoms with Crippen molar-refractivity contribution >= 4 is 40.0 Å². The van der Waals surface area contributed by atoms with E-state index in [0.717, 1.165) is 32.0 Å². The Balaban J connectivity index is 0.00000625. The minimum absolute atomic E-state index is 0. The number of hydrogen-bond donors (Lipinski definition) is 2. The number of halogens is 1. The summed E-state index contributed by atoms with van der Waals surface area (Å²) in [6.45, 7) is 5.17. The summed E-state index contributed by atoms with van der Waals surface area (Å²) in [4.78, 5) is 4.18. The van der Waals surface area contributed by atoms with Gasteiger partial charge in [0.25, 0.3) is 0 Å². The Morgan fingerprint density at radius 3 is 2.31 bits per heavy atom. The van der Waals surface area contributed by atoms with Crippen molar-refractivity contribution in [2.75, 3.05) is 46.1 Å². The summed E-state index contributed by atoms with van der Waals surface area (Å²) in [6, 6.07) is 0. The molecule has 0 bridgehead atoms. The van der Waals surface area contributed by atoms with Gasteiger partial charge >= 0.3 is 0 Å². The van der Waals surface area contributed by atoms with Gasteiger partial charge in [0.1, 0.15) is 0 Å². The lowest BCUT2D eigenvalue weighted by Gasteiger charge is -2.22. The maximum Gasteiger partial charge on any atom is 0.211 e. The first kappa shape index (κ1) is 25.9. The zero-order valence-corrected chi connectivity index (χ0v) is 19.6. The van der Waals surface area contributed by atoms with Crippen LogP contribution < -0.4 is 10.6 Å². The normalized spacial score (nSPS) is 16.4. The molecule has 0 heterocycles. The average Bonchev–Trinajstić information content (AvgIpc) is 2.59. The van der Waals surface area contributed by atoms with Crippen LogP contribution in [0.3, 0.4) is 0 Å². The highest BCUT2D eigenvalue weighted by molar-refractivity contribution is 14.0. The first-order valence-electron chi connectivity index (χ1n) is 9.48. The molecular formula is C17H37IN4O3S. The highest BCUT2D eigenvalue weighted by Crippen LogP contribution is 2.20. The predicted octanol–water partition coefficient (Wildman–Crippen LogP) is 2.18. The van der Waals surface area contributed by atoms with Gasteiger partial charge in [-0.1, -0.05) is 26.2 Å². The average molecular weight is 504 g/mol. The summed E-state index contributed by atoms with van der Waals surface area (Å²) >= 11 is 0. The Kier molecular flexibility index (Phi) is 14.8. The maximum atomic E-state index is 11.5. The van der Waals surface area contributed by atoms with Crippen LogP contribution in [-0.4, -0.2) is 70.9 Å². The number of guanidine groups is 1. The zero-order valence-electron chi connectivity index (χ0n) is 16.5. The van der Waals surface area contributed by atoms with Crippen molar-refractivity contribution in [3.8, 4) is 0 Å². The second-order valence-electron chi connectivity index (χ2n) is 6.52. The third kappa shape index (κ3) is 11.6. The van der Waals surface area contributed by atoms with Crippen molar-refractivity contribution in [2.24, 2.45) is 4.99 Å². The molecule has 0 atom stereocenters. The number of rotatable bonds is 11. The lowest BCUT2D eigenvalue weighted by molar-refractivity contribution is 0.0277. The van der Waals surface area contributed by atoms with Gasteiger partial charge in [0, 0.05) is 39.8 Å². The second kappa shape index (κ2) is 14.9. The topological polar surface area (TPSA) is 83.0 Å². The smallest absolute Gasteiger partial charge is 0.211 e. The molecule has 0 aromatic heterocycles. The molecule has 1 rings (SSSR count). The van der Waals surface area contributed by atoms with Gasteiger partial charge < -0.3 is 15.4 Å². The molecule has 0 amide bonds. The predicted molar refractivity (Wildman–Crippen MR) is 119 cm³/mol. The van der Waals surface area contributed by atoms with Crippen LogP contribution in [0.25, 0.3) is 0 Å². The van der Waals surface area contributed by atoms with Crippen molar-refractivity contribution in [2.45, 2.75) is 58.0 Å². The minimum Gasteiger partial charge on any atom is -0.378 e. The molecule has 156 valence electrons. The van der Waals surface area contributed by atoms with E-state index in [1.54, 1.807) is 7.05 Å². The second-order valence-corrected chi connectivity index (χ2v) is 8.50. The Labute approximate surface area is 176 Å². The summed E-state index contributed by atoms with van der Waals surface area (Å²) < 4.78 is 30.4. The number of hydrogen-bond acceptors (Lipinski definition) is 4. The number of ether oxygens (including phenoxy) is 1. The number of aliphatic imine (C=N–C) groups is 1. The van der Waals surface area contributed by atoms with E-state index < -0.39 is 10.0 Å². The fourth-order valence-electron chi connectivity index (χ4n) is 3.00. The van der Waals surface area contributed by atoms with Crippen LogP contribution in [0.2, 0.25) is 0 Å².